The molecule has 0 spiro atoms. The van der Waals surface area contributed by atoms with Gasteiger partial charge in [-0.1, -0.05) is 12.1 Å². The van der Waals surface area contributed by atoms with Crippen LogP contribution in [-0.4, -0.2) is 61.7 Å². The molecule has 0 radical (unpaired) electrons. The van der Waals surface area contributed by atoms with E-state index in [4.69, 9.17) is 0 Å². The first-order chi connectivity index (χ1) is 12.5. The summed E-state index contributed by atoms with van der Waals surface area (Å²) in [6.07, 6.45) is -8.05. The van der Waals surface area contributed by atoms with Crippen LogP contribution in [0.2, 0.25) is 0 Å². The minimum absolute atomic E-state index is 0. The zero-order chi connectivity index (χ0) is 20.2. The Balaban J connectivity index is 0.00000392. The van der Waals surface area contributed by atoms with E-state index >= 15 is 0 Å². The molecule has 11 heteroatoms. The van der Waals surface area contributed by atoms with Gasteiger partial charge >= 0.3 is 12.4 Å². The van der Waals surface area contributed by atoms with Gasteiger partial charge in [0, 0.05) is 39.8 Å². The van der Waals surface area contributed by atoms with Gasteiger partial charge in [-0.3, -0.25) is 9.89 Å². The van der Waals surface area contributed by atoms with Crippen molar-refractivity contribution in [3.8, 4) is 0 Å². The van der Waals surface area contributed by atoms with Crippen LogP contribution < -0.4 is 5.32 Å². The third kappa shape index (κ3) is 7.64. The number of hydrogen-bond donors (Lipinski definition) is 1. The van der Waals surface area contributed by atoms with E-state index in [2.05, 4.69) is 10.3 Å². The van der Waals surface area contributed by atoms with Crippen molar-refractivity contribution in [1.82, 2.24) is 15.1 Å². The average molecular weight is 524 g/mol. The van der Waals surface area contributed by atoms with Crippen LogP contribution in [0, 0.1) is 0 Å². The fraction of sp³-hybridized carbons (Fsp3) is 0.588. The molecule has 0 aliphatic carbocycles. The van der Waals surface area contributed by atoms with Crippen molar-refractivity contribution < 1.29 is 26.3 Å². The molecule has 0 aromatic heterocycles. The second-order valence-corrected chi connectivity index (χ2v) is 6.58. The van der Waals surface area contributed by atoms with E-state index < -0.39 is 24.5 Å². The molecule has 0 bridgehead atoms. The quantitative estimate of drug-likeness (QED) is 0.280. The fourth-order valence-corrected chi connectivity index (χ4v) is 3.02. The summed E-state index contributed by atoms with van der Waals surface area (Å²) >= 11 is 0. The highest BCUT2D eigenvalue weighted by molar-refractivity contribution is 14.0. The number of alkyl halides is 6. The molecule has 1 heterocycles. The summed E-state index contributed by atoms with van der Waals surface area (Å²) in [4.78, 5) is 7.17. The lowest BCUT2D eigenvalue weighted by atomic mass is 10.1. The third-order valence-electron chi connectivity index (χ3n) is 4.28. The van der Waals surface area contributed by atoms with Crippen molar-refractivity contribution in [1.29, 1.82) is 0 Å². The van der Waals surface area contributed by atoms with Crippen molar-refractivity contribution in [3.63, 3.8) is 0 Å². The van der Waals surface area contributed by atoms with Crippen molar-refractivity contribution in [2.45, 2.75) is 31.4 Å². The molecular weight excluding hydrogens is 501 g/mol. The Bertz CT molecular complexity index is 645. The number of halogens is 7. The molecule has 1 atom stereocenters. The predicted molar refractivity (Wildman–Crippen MR) is 106 cm³/mol. The first kappa shape index (κ1) is 24.8. The Hall–Kier alpha value is -1.24. The summed E-state index contributed by atoms with van der Waals surface area (Å²) < 4.78 is 75.3. The number of aliphatic imine (C=N–C) groups is 1. The minimum atomic E-state index is -4.38. The van der Waals surface area contributed by atoms with Crippen molar-refractivity contribution in [3.05, 3.63) is 35.4 Å². The van der Waals surface area contributed by atoms with Crippen LogP contribution in [0.15, 0.2) is 29.3 Å². The monoisotopic (exact) mass is 524 g/mol. The first-order valence-corrected chi connectivity index (χ1v) is 8.37. The van der Waals surface area contributed by atoms with Gasteiger partial charge in [-0.2, -0.15) is 26.3 Å². The van der Waals surface area contributed by atoms with E-state index in [0.717, 1.165) is 12.1 Å². The van der Waals surface area contributed by atoms with Gasteiger partial charge in [-0.05, 0) is 24.1 Å². The lowest BCUT2D eigenvalue weighted by Gasteiger charge is -2.25. The van der Waals surface area contributed by atoms with Crippen molar-refractivity contribution in [2.75, 3.05) is 33.7 Å². The van der Waals surface area contributed by atoms with Gasteiger partial charge in [0.2, 0.25) is 0 Å². The molecule has 1 N–H and O–H groups in total. The van der Waals surface area contributed by atoms with Gasteiger partial charge in [-0.25, -0.2) is 0 Å². The predicted octanol–water partition coefficient (Wildman–Crippen LogP) is 3.97. The zero-order valence-electron chi connectivity index (χ0n) is 15.4. The molecule has 1 fully saturated rings. The molecule has 28 heavy (non-hydrogen) atoms. The highest BCUT2D eigenvalue weighted by Gasteiger charge is 2.34. The molecule has 1 saturated heterocycles. The second-order valence-electron chi connectivity index (χ2n) is 6.58. The number of benzene rings is 1. The second kappa shape index (κ2) is 9.99. The van der Waals surface area contributed by atoms with Crippen molar-refractivity contribution in [2.24, 2.45) is 4.99 Å². The van der Waals surface area contributed by atoms with Crippen molar-refractivity contribution >= 4 is 29.9 Å². The normalized spacial score (nSPS) is 18.7. The largest absolute Gasteiger partial charge is 0.416 e. The number of nitrogens with zero attached hydrogens (tertiary/aromatic N) is 3. The maximum atomic E-state index is 12.6. The molecule has 0 amide bonds. The van der Waals surface area contributed by atoms with E-state index in [-0.39, 0.29) is 36.6 Å². The summed E-state index contributed by atoms with van der Waals surface area (Å²) in [7, 11) is 3.27. The minimum Gasteiger partial charge on any atom is -0.352 e. The number of likely N-dealkylation sites (tertiary alicyclic amines) is 1. The average Bonchev–Trinajstić information content (AvgIpc) is 2.97. The maximum absolute atomic E-state index is 12.6. The van der Waals surface area contributed by atoms with Gasteiger partial charge < -0.3 is 10.2 Å². The molecule has 1 aliphatic rings. The Labute approximate surface area is 177 Å². The zero-order valence-corrected chi connectivity index (χ0v) is 17.8. The summed E-state index contributed by atoms with van der Waals surface area (Å²) in [5.74, 6) is 0.480. The molecule has 160 valence electrons. The Morgan fingerprint density at radius 3 is 2.29 bits per heavy atom. The first-order valence-electron chi connectivity index (χ1n) is 8.37. The standard InChI is InChI=1S/C17H22F6N4.HI/c1-24-15(25-14-7-8-27(10-14)11-16(18,19)20)26(2)9-12-3-5-13(6-4-12)17(21,22)23;/h3-6,14H,7-11H2,1-2H3,(H,24,25);1H. The molecule has 0 saturated carbocycles. The van der Waals surface area contributed by atoms with Crippen LogP contribution in [0.3, 0.4) is 0 Å². The van der Waals surface area contributed by atoms with Gasteiger partial charge in [0.05, 0.1) is 12.1 Å². The number of guanidine groups is 1. The molecule has 2 rings (SSSR count). The molecule has 1 unspecified atom stereocenters. The number of nitrogens with one attached hydrogen (secondary N) is 1. The summed E-state index contributed by atoms with van der Waals surface area (Å²) in [5.41, 5.74) is -0.0503. The molecule has 1 aromatic carbocycles. The van der Waals surface area contributed by atoms with E-state index in [1.165, 1.54) is 17.0 Å². The third-order valence-corrected chi connectivity index (χ3v) is 4.28. The summed E-state index contributed by atoms with van der Waals surface area (Å²) in [5, 5.41) is 3.12. The summed E-state index contributed by atoms with van der Waals surface area (Å²) in [6, 6.07) is 4.66. The summed E-state index contributed by atoms with van der Waals surface area (Å²) in [6.45, 7) is -0.0224. The molecular formula is C17H23F6IN4. The van der Waals surface area contributed by atoms with E-state index in [9.17, 15) is 26.3 Å². The number of hydrogen-bond acceptors (Lipinski definition) is 2. The van der Waals surface area contributed by atoms with Crippen LogP contribution >= 0.6 is 24.0 Å². The highest BCUT2D eigenvalue weighted by atomic mass is 127. The molecule has 4 nitrogen and oxygen atoms in total. The van der Waals surface area contributed by atoms with Crippen LogP contribution in [0.1, 0.15) is 17.5 Å². The fourth-order valence-electron chi connectivity index (χ4n) is 3.02. The van der Waals surface area contributed by atoms with Crippen LogP contribution in [0.5, 0.6) is 0 Å². The lowest BCUT2D eigenvalue weighted by molar-refractivity contribution is -0.143. The maximum Gasteiger partial charge on any atom is 0.416 e. The van der Waals surface area contributed by atoms with Gasteiger partial charge in [-0.15, -0.1) is 24.0 Å². The topological polar surface area (TPSA) is 30.9 Å². The van der Waals surface area contributed by atoms with Crippen LogP contribution in [0.4, 0.5) is 26.3 Å². The SMILES string of the molecule is CN=C(NC1CCN(CC(F)(F)F)C1)N(C)Cc1ccc(C(F)(F)F)cc1.I. The van der Waals surface area contributed by atoms with E-state index in [1.54, 1.807) is 19.0 Å². The molecule has 1 aliphatic heterocycles. The van der Waals surface area contributed by atoms with Gasteiger partial charge in [0.25, 0.3) is 0 Å². The van der Waals surface area contributed by atoms with Gasteiger partial charge in [0.15, 0.2) is 5.96 Å². The van der Waals surface area contributed by atoms with Crippen LogP contribution in [0.25, 0.3) is 0 Å². The lowest BCUT2D eigenvalue weighted by Crippen LogP contribution is -2.45. The Morgan fingerprint density at radius 1 is 1.18 bits per heavy atom. The smallest absolute Gasteiger partial charge is 0.352 e. The Morgan fingerprint density at radius 2 is 1.79 bits per heavy atom. The van der Waals surface area contributed by atoms with E-state index in [0.29, 0.717) is 31.0 Å². The molecule has 1 aromatic rings. The Kier molecular flexibility index (Phi) is 8.85. The van der Waals surface area contributed by atoms with Crippen LogP contribution in [-0.2, 0) is 12.7 Å². The highest BCUT2D eigenvalue weighted by Crippen LogP contribution is 2.29. The van der Waals surface area contributed by atoms with E-state index in [1.807, 2.05) is 0 Å². The van der Waals surface area contributed by atoms with Gasteiger partial charge in [0.1, 0.15) is 0 Å². The number of rotatable bonds is 4.